The van der Waals surface area contributed by atoms with E-state index in [9.17, 15) is 4.79 Å². The molecule has 0 N–H and O–H groups in total. The summed E-state index contributed by atoms with van der Waals surface area (Å²) in [4.78, 5) is 16.8. The fraction of sp³-hybridized carbons (Fsp3) is 0.929. The Bertz CT molecular complexity index is 225. The molecular formula is C14H27NO3. The van der Waals surface area contributed by atoms with Crippen molar-refractivity contribution in [2.24, 2.45) is 5.92 Å². The summed E-state index contributed by atoms with van der Waals surface area (Å²) in [7, 11) is 0. The molecule has 0 aliphatic carbocycles. The van der Waals surface area contributed by atoms with Crippen molar-refractivity contribution >= 4 is 5.97 Å². The van der Waals surface area contributed by atoms with Crippen molar-refractivity contribution in [2.45, 2.75) is 52.4 Å². The van der Waals surface area contributed by atoms with E-state index in [1.54, 1.807) is 5.06 Å². The minimum atomic E-state index is -0.0965. The molecule has 0 aromatic heterocycles. The Hall–Kier alpha value is -0.610. The maximum absolute atomic E-state index is 11.5. The minimum Gasteiger partial charge on any atom is -0.379 e. The number of hydrogen-bond acceptors (Lipinski definition) is 4. The van der Waals surface area contributed by atoms with E-state index in [0.29, 0.717) is 32.7 Å². The highest BCUT2D eigenvalue weighted by atomic mass is 16.7. The van der Waals surface area contributed by atoms with Crippen LogP contribution in [-0.2, 0) is 14.4 Å². The van der Waals surface area contributed by atoms with Crippen LogP contribution in [0.15, 0.2) is 0 Å². The minimum absolute atomic E-state index is 0.0965. The second-order valence-electron chi connectivity index (χ2n) is 5.35. The summed E-state index contributed by atoms with van der Waals surface area (Å²) in [5, 5.41) is 1.71. The highest BCUT2D eigenvalue weighted by molar-refractivity contribution is 5.68. The second-order valence-corrected chi connectivity index (χ2v) is 5.35. The molecule has 0 amide bonds. The van der Waals surface area contributed by atoms with E-state index in [4.69, 9.17) is 9.57 Å². The zero-order chi connectivity index (χ0) is 13.2. The Labute approximate surface area is 111 Å². The van der Waals surface area contributed by atoms with E-state index in [1.165, 1.54) is 19.3 Å². The van der Waals surface area contributed by atoms with Crippen LogP contribution in [0.25, 0.3) is 0 Å². The third-order valence-electron chi connectivity index (χ3n) is 3.11. The Morgan fingerprint density at radius 1 is 1.17 bits per heavy atom. The van der Waals surface area contributed by atoms with E-state index in [2.05, 4.69) is 13.8 Å². The first-order valence-electron chi connectivity index (χ1n) is 7.22. The van der Waals surface area contributed by atoms with Crippen molar-refractivity contribution in [2.75, 3.05) is 26.3 Å². The summed E-state index contributed by atoms with van der Waals surface area (Å²) in [5.74, 6) is 0.692. The number of hydroxylamine groups is 2. The normalized spacial score (nSPS) is 17.1. The quantitative estimate of drug-likeness (QED) is 0.627. The van der Waals surface area contributed by atoms with Crippen LogP contribution < -0.4 is 0 Å². The predicted molar refractivity (Wildman–Crippen MR) is 71.0 cm³/mol. The van der Waals surface area contributed by atoms with Crippen LogP contribution in [0.2, 0.25) is 0 Å². The van der Waals surface area contributed by atoms with Crippen molar-refractivity contribution in [1.82, 2.24) is 5.06 Å². The summed E-state index contributed by atoms with van der Waals surface area (Å²) in [6.45, 7) is 7.20. The van der Waals surface area contributed by atoms with Crippen LogP contribution in [0.1, 0.15) is 52.4 Å². The van der Waals surface area contributed by atoms with Gasteiger partial charge in [0.25, 0.3) is 0 Å². The first-order chi connectivity index (χ1) is 8.68. The molecule has 0 saturated carbocycles. The first-order valence-corrected chi connectivity index (χ1v) is 7.22. The van der Waals surface area contributed by atoms with Crippen LogP contribution in [0.5, 0.6) is 0 Å². The smallest absolute Gasteiger partial charge is 0.325 e. The van der Waals surface area contributed by atoms with Gasteiger partial charge in [-0.1, -0.05) is 39.5 Å². The molecular weight excluding hydrogens is 230 g/mol. The Morgan fingerprint density at radius 2 is 1.83 bits per heavy atom. The third-order valence-corrected chi connectivity index (χ3v) is 3.11. The van der Waals surface area contributed by atoms with Crippen LogP contribution >= 0.6 is 0 Å². The third kappa shape index (κ3) is 7.67. The number of rotatable bonds is 8. The van der Waals surface area contributed by atoms with Crippen LogP contribution in [0.3, 0.4) is 0 Å². The first kappa shape index (κ1) is 15.4. The molecule has 0 aromatic rings. The predicted octanol–water partition coefficient (Wildman–Crippen LogP) is 2.77. The van der Waals surface area contributed by atoms with Gasteiger partial charge in [-0.2, -0.15) is 0 Å². The molecule has 0 atom stereocenters. The van der Waals surface area contributed by atoms with E-state index < -0.39 is 0 Å². The molecule has 4 heteroatoms. The van der Waals surface area contributed by atoms with E-state index in [-0.39, 0.29) is 5.97 Å². The maximum Gasteiger partial charge on any atom is 0.325 e. The van der Waals surface area contributed by atoms with Crippen molar-refractivity contribution < 1.29 is 14.4 Å². The molecule has 0 spiro atoms. The zero-order valence-electron chi connectivity index (χ0n) is 11.8. The summed E-state index contributed by atoms with van der Waals surface area (Å²) >= 11 is 0. The fourth-order valence-corrected chi connectivity index (χ4v) is 2.00. The van der Waals surface area contributed by atoms with Gasteiger partial charge in [0.1, 0.15) is 0 Å². The summed E-state index contributed by atoms with van der Waals surface area (Å²) in [6, 6.07) is 0. The van der Waals surface area contributed by atoms with Crippen molar-refractivity contribution in [3.8, 4) is 0 Å². The lowest BCUT2D eigenvalue weighted by Gasteiger charge is -2.24. The fourth-order valence-electron chi connectivity index (χ4n) is 2.00. The number of carbonyl (C=O) groups excluding carboxylic acids is 1. The molecule has 1 heterocycles. The number of nitrogens with zero attached hydrogens (tertiary/aromatic N) is 1. The number of carbonyl (C=O) groups is 1. The lowest BCUT2D eigenvalue weighted by Crippen LogP contribution is -2.37. The van der Waals surface area contributed by atoms with Gasteiger partial charge in [-0.25, -0.2) is 0 Å². The number of hydrogen-bond donors (Lipinski definition) is 0. The Morgan fingerprint density at radius 3 is 2.50 bits per heavy atom. The molecule has 0 radical (unpaired) electrons. The average molecular weight is 257 g/mol. The van der Waals surface area contributed by atoms with Gasteiger partial charge >= 0.3 is 5.97 Å². The van der Waals surface area contributed by atoms with Gasteiger partial charge in [-0.15, -0.1) is 5.06 Å². The molecule has 4 nitrogen and oxygen atoms in total. The molecule has 0 bridgehead atoms. The van der Waals surface area contributed by atoms with Gasteiger partial charge in [-0.05, 0) is 12.3 Å². The Balaban J connectivity index is 1.93. The number of morpholine rings is 1. The second kappa shape index (κ2) is 9.34. The van der Waals surface area contributed by atoms with E-state index in [1.807, 2.05) is 0 Å². The molecule has 106 valence electrons. The molecule has 1 aliphatic rings. The molecule has 18 heavy (non-hydrogen) atoms. The molecule has 0 unspecified atom stereocenters. The standard InChI is InChI=1S/C14H27NO3/c1-13(2)7-5-3-4-6-8-14(16)18-15-9-11-17-12-10-15/h13H,3-12H2,1-2H3. The molecule has 1 rings (SSSR count). The molecule has 1 aliphatic heterocycles. The summed E-state index contributed by atoms with van der Waals surface area (Å²) in [6.07, 6.45) is 6.41. The van der Waals surface area contributed by atoms with Crippen LogP contribution in [0.4, 0.5) is 0 Å². The van der Waals surface area contributed by atoms with Gasteiger partial charge in [0, 0.05) is 6.42 Å². The molecule has 1 fully saturated rings. The number of unbranched alkanes of at least 4 members (excludes halogenated alkanes) is 3. The van der Waals surface area contributed by atoms with E-state index in [0.717, 1.165) is 18.8 Å². The highest BCUT2D eigenvalue weighted by Crippen LogP contribution is 2.11. The monoisotopic (exact) mass is 257 g/mol. The van der Waals surface area contributed by atoms with Gasteiger partial charge in [0.05, 0.1) is 26.3 Å². The highest BCUT2D eigenvalue weighted by Gasteiger charge is 2.14. The summed E-state index contributed by atoms with van der Waals surface area (Å²) in [5.41, 5.74) is 0. The largest absolute Gasteiger partial charge is 0.379 e. The summed E-state index contributed by atoms with van der Waals surface area (Å²) < 4.78 is 5.19. The molecule has 0 aromatic carbocycles. The maximum atomic E-state index is 11.5. The average Bonchev–Trinajstić information content (AvgIpc) is 2.34. The van der Waals surface area contributed by atoms with Crippen molar-refractivity contribution in [3.63, 3.8) is 0 Å². The molecule has 1 saturated heterocycles. The zero-order valence-corrected chi connectivity index (χ0v) is 11.8. The van der Waals surface area contributed by atoms with Gasteiger partial charge in [0.2, 0.25) is 0 Å². The van der Waals surface area contributed by atoms with E-state index >= 15 is 0 Å². The number of ether oxygens (including phenoxy) is 1. The van der Waals surface area contributed by atoms with Crippen molar-refractivity contribution in [3.05, 3.63) is 0 Å². The van der Waals surface area contributed by atoms with Crippen LogP contribution in [-0.4, -0.2) is 37.3 Å². The lowest BCUT2D eigenvalue weighted by molar-refractivity contribution is -0.205. The van der Waals surface area contributed by atoms with Gasteiger partial charge < -0.3 is 9.57 Å². The van der Waals surface area contributed by atoms with Gasteiger partial charge in [0.15, 0.2) is 0 Å². The van der Waals surface area contributed by atoms with Crippen molar-refractivity contribution in [1.29, 1.82) is 0 Å². The topological polar surface area (TPSA) is 38.8 Å². The van der Waals surface area contributed by atoms with Gasteiger partial charge in [-0.3, -0.25) is 4.79 Å². The Kier molecular flexibility index (Phi) is 8.01. The lowest BCUT2D eigenvalue weighted by atomic mass is 10.0. The van der Waals surface area contributed by atoms with Crippen LogP contribution in [0, 0.1) is 5.92 Å². The SMILES string of the molecule is CC(C)CCCCCCC(=O)ON1CCOCC1.